The molecule has 0 aliphatic heterocycles. The average molecular weight is 452 g/mol. The summed E-state index contributed by atoms with van der Waals surface area (Å²) in [5.41, 5.74) is 1.47. The summed E-state index contributed by atoms with van der Waals surface area (Å²) in [6.45, 7) is 2.45. The first-order chi connectivity index (χ1) is 15.5. The number of carbonyl (C=O) groups is 1. The maximum atomic E-state index is 13.4. The minimum atomic E-state index is -4.03. The second kappa shape index (κ2) is 11.5. The van der Waals surface area contributed by atoms with Crippen molar-refractivity contribution in [1.82, 2.24) is 0 Å². The normalized spacial score (nSPS) is 11.2. The van der Waals surface area contributed by atoms with E-state index in [0.29, 0.717) is 18.7 Å². The molecule has 3 aromatic rings. The van der Waals surface area contributed by atoms with Gasteiger partial charge in [0.2, 0.25) is 5.91 Å². The van der Waals surface area contributed by atoms with Crippen molar-refractivity contribution in [2.45, 2.75) is 43.9 Å². The molecule has 0 aliphatic rings. The topological polar surface area (TPSA) is 63.7 Å². The van der Waals surface area contributed by atoms with Crippen molar-refractivity contribution in [3.8, 4) is 5.75 Å². The Balaban J connectivity index is 1.77. The van der Waals surface area contributed by atoms with Gasteiger partial charge in [-0.1, -0.05) is 61.9 Å². The third-order valence-corrected chi connectivity index (χ3v) is 6.81. The van der Waals surface area contributed by atoms with Gasteiger partial charge in [0.25, 0.3) is 10.0 Å². The molecule has 0 saturated heterocycles. The number of unbranched alkanes of at least 4 members (excludes halogenated alkanes) is 1. The summed E-state index contributed by atoms with van der Waals surface area (Å²) in [6.07, 6.45) is 3.53. The van der Waals surface area contributed by atoms with Crippen LogP contribution in [0.15, 0.2) is 89.8 Å². The lowest BCUT2D eigenvalue weighted by molar-refractivity contribution is -0.117. The largest absolute Gasteiger partial charge is 0.494 e. The number of hydrogen-bond acceptors (Lipinski definition) is 4. The van der Waals surface area contributed by atoms with Crippen LogP contribution in [-0.2, 0) is 21.2 Å². The molecular weight excluding hydrogens is 422 g/mol. The highest BCUT2D eigenvalue weighted by Gasteiger charge is 2.30. The van der Waals surface area contributed by atoms with Gasteiger partial charge in [-0.25, -0.2) is 12.7 Å². The molecule has 168 valence electrons. The molecule has 0 saturated carbocycles. The van der Waals surface area contributed by atoms with Gasteiger partial charge in [-0.15, -0.1) is 0 Å². The fourth-order valence-corrected chi connectivity index (χ4v) is 4.80. The van der Waals surface area contributed by atoms with E-state index >= 15 is 0 Å². The predicted molar refractivity (Wildman–Crippen MR) is 127 cm³/mol. The third-order valence-electron chi connectivity index (χ3n) is 5.04. The first kappa shape index (κ1) is 23.5. The number of benzene rings is 3. The van der Waals surface area contributed by atoms with Crippen molar-refractivity contribution >= 4 is 21.6 Å². The van der Waals surface area contributed by atoms with Crippen molar-refractivity contribution in [2.75, 3.05) is 10.9 Å². The highest BCUT2D eigenvalue weighted by atomic mass is 32.2. The summed E-state index contributed by atoms with van der Waals surface area (Å²) in [4.78, 5) is 13.2. The van der Waals surface area contributed by atoms with Gasteiger partial charge in [-0.2, -0.15) is 0 Å². The minimum absolute atomic E-state index is 0.0521. The predicted octanol–water partition coefficient (Wildman–Crippen LogP) is 5.61. The Hall–Kier alpha value is -3.12. The van der Waals surface area contributed by atoms with E-state index in [1.165, 1.54) is 12.1 Å². The Morgan fingerprint density at radius 3 is 2.09 bits per heavy atom. The van der Waals surface area contributed by atoms with Crippen molar-refractivity contribution in [3.63, 3.8) is 0 Å². The van der Waals surface area contributed by atoms with Crippen molar-refractivity contribution in [3.05, 3.63) is 90.5 Å². The van der Waals surface area contributed by atoms with Crippen LogP contribution in [0.5, 0.6) is 5.75 Å². The molecule has 3 rings (SSSR count). The van der Waals surface area contributed by atoms with Crippen molar-refractivity contribution in [1.29, 1.82) is 0 Å². The summed E-state index contributed by atoms with van der Waals surface area (Å²) in [7, 11) is -4.03. The quantitative estimate of drug-likeness (QED) is 0.356. The van der Waals surface area contributed by atoms with Crippen LogP contribution in [0.1, 0.15) is 38.2 Å². The van der Waals surface area contributed by atoms with Gasteiger partial charge in [0.1, 0.15) is 5.75 Å². The number of aryl methyl sites for hydroxylation is 1. The van der Waals surface area contributed by atoms with Crippen LogP contribution in [0.2, 0.25) is 0 Å². The monoisotopic (exact) mass is 451 g/mol. The van der Waals surface area contributed by atoms with E-state index < -0.39 is 15.9 Å². The second-order valence-electron chi connectivity index (χ2n) is 7.51. The molecule has 0 unspecified atom stereocenters. The highest BCUT2D eigenvalue weighted by molar-refractivity contribution is 7.93. The smallest absolute Gasteiger partial charge is 0.270 e. The zero-order chi connectivity index (χ0) is 22.8. The molecule has 3 aromatic carbocycles. The minimum Gasteiger partial charge on any atom is -0.494 e. The van der Waals surface area contributed by atoms with Crippen LogP contribution in [0.25, 0.3) is 0 Å². The van der Waals surface area contributed by atoms with Gasteiger partial charge >= 0.3 is 0 Å². The van der Waals surface area contributed by atoms with Crippen molar-refractivity contribution < 1.29 is 17.9 Å². The molecule has 0 heterocycles. The third kappa shape index (κ3) is 6.20. The summed E-state index contributed by atoms with van der Waals surface area (Å²) in [6, 6.07) is 24.6. The summed E-state index contributed by atoms with van der Waals surface area (Å²) >= 11 is 0. The fourth-order valence-electron chi connectivity index (χ4n) is 3.33. The molecule has 0 aromatic heterocycles. The number of sulfonamides is 1. The molecule has 6 heteroatoms. The number of para-hydroxylation sites is 1. The number of nitrogens with zero attached hydrogens (tertiary/aromatic N) is 1. The summed E-state index contributed by atoms with van der Waals surface area (Å²) in [5, 5.41) is 0. The Kier molecular flexibility index (Phi) is 8.45. The fraction of sp³-hybridized carbons (Fsp3) is 0.269. The van der Waals surface area contributed by atoms with Gasteiger partial charge in [0.15, 0.2) is 0 Å². The Morgan fingerprint density at radius 1 is 0.844 bits per heavy atom. The van der Waals surface area contributed by atoms with Crippen molar-refractivity contribution in [2.24, 2.45) is 0 Å². The van der Waals surface area contributed by atoms with Gasteiger partial charge in [-0.05, 0) is 61.2 Å². The Labute approximate surface area is 190 Å². The number of carbonyl (C=O) groups excluding carboxylic acids is 1. The van der Waals surface area contributed by atoms with Crippen LogP contribution in [0, 0.1) is 0 Å². The van der Waals surface area contributed by atoms with Gasteiger partial charge in [0.05, 0.1) is 17.2 Å². The van der Waals surface area contributed by atoms with E-state index in [-0.39, 0.29) is 11.3 Å². The zero-order valence-electron chi connectivity index (χ0n) is 18.3. The molecule has 0 bridgehead atoms. The first-order valence-electron chi connectivity index (χ1n) is 10.9. The van der Waals surface area contributed by atoms with Crippen LogP contribution in [0.4, 0.5) is 5.69 Å². The highest BCUT2D eigenvalue weighted by Crippen LogP contribution is 2.26. The van der Waals surface area contributed by atoms with Crippen LogP contribution < -0.4 is 9.04 Å². The molecule has 1 amide bonds. The summed E-state index contributed by atoms with van der Waals surface area (Å²) < 4.78 is 33.3. The first-order valence-corrected chi connectivity index (χ1v) is 12.4. The van der Waals surface area contributed by atoms with Crippen LogP contribution in [0.3, 0.4) is 0 Å². The molecule has 0 spiro atoms. The molecule has 0 aliphatic carbocycles. The Morgan fingerprint density at radius 2 is 1.47 bits per heavy atom. The van der Waals surface area contributed by atoms with Gasteiger partial charge < -0.3 is 4.74 Å². The average Bonchev–Trinajstić information content (AvgIpc) is 2.82. The maximum absolute atomic E-state index is 13.4. The van der Waals surface area contributed by atoms with Crippen LogP contribution >= 0.6 is 0 Å². The maximum Gasteiger partial charge on any atom is 0.270 e. The number of anilines is 1. The Bertz CT molecular complexity index is 1080. The zero-order valence-corrected chi connectivity index (χ0v) is 19.1. The molecule has 0 atom stereocenters. The van der Waals surface area contributed by atoms with Crippen LogP contribution in [-0.4, -0.2) is 20.9 Å². The van der Waals surface area contributed by atoms with E-state index in [1.807, 2.05) is 42.5 Å². The molecular formula is C26H29NO4S. The van der Waals surface area contributed by atoms with Gasteiger partial charge in [0, 0.05) is 6.42 Å². The number of amides is 1. The summed E-state index contributed by atoms with van der Waals surface area (Å²) in [5.74, 6) is 0.239. The molecule has 5 nitrogen and oxygen atoms in total. The standard InChI is InChI=1S/C26H29NO4S/c1-2-3-11-22-17-19-23(20-18-22)27(32(29,30)25-14-8-5-9-15-25)26(28)16-10-21-31-24-12-6-4-7-13-24/h4-9,12-15,17-20H,2-3,10-11,16,21H2,1H3. The lowest BCUT2D eigenvalue weighted by Gasteiger charge is -2.23. The van der Waals surface area contributed by atoms with E-state index in [2.05, 4.69) is 6.92 Å². The molecule has 0 N–H and O–H groups in total. The lowest BCUT2D eigenvalue weighted by atomic mass is 10.1. The van der Waals surface area contributed by atoms with E-state index in [1.54, 1.807) is 30.3 Å². The number of rotatable bonds is 11. The SMILES string of the molecule is CCCCc1ccc(N(C(=O)CCCOc2ccccc2)S(=O)(=O)c2ccccc2)cc1. The number of hydrogen-bond donors (Lipinski definition) is 0. The van der Waals surface area contributed by atoms with E-state index in [4.69, 9.17) is 4.74 Å². The molecule has 32 heavy (non-hydrogen) atoms. The van der Waals surface area contributed by atoms with E-state index in [9.17, 15) is 13.2 Å². The molecule has 0 fully saturated rings. The van der Waals surface area contributed by atoms with Gasteiger partial charge in [-0.3, -0.25) is 4.79 Å². The number of ether oxygens (including phenoxy) is 1. The second-order valence-corrected chi connectivity index (χ2v) is 9.30. The molecule has 0 radical (unpaired) electrons. The van der Waals surface area contributed by atoms with E-state index in [0.717, 1.165) is 34.9 Å². The lowest BCUT2D eigenvalue weighted by Crippen LogP contribution is -2.37.